The number of amides is 1. The van der Waals surface area contributed by atoms with Gasteiger partial charge in [-0.15, -0.1) is 0 Å². The topological polar surface area (TPSA) is 23.6 Å². The van der Waals surface area contributed by atoms with Crippen molar-refractivity contribution in [2.24, 2.45) is 5.92 Å². The fraction of sp³-hybridized carbons (Fsp3) is 0.533. The van der Waals surface area contributed by atoms with E-state index in [9.17, 15) is 4.79 Å². The molecule has 4 heteroatoms. The number of hydrogen-bond acceptors (Lipinski definition) is 2. The largest absolute Gasteiger partial charge is 0.341 e. The molecule has 3 nitrogen and oxygen atoms in total. The van der Waals surface area contributed by atoms with Crippen LogP contribution in [0.15, 0.2) is 24.3 Å². The van der Waals surface area contributed by atoms with Gasteiger partial charge in [-0.1, -0.05) is 12.1 Å². The number of likely N-dealkylation sites (tertiary alicyclic amines) is 1. The lowest BCUT2D eigenvalue weighted by molar-refractivity contribution is -0.130. The van der Waals surface area contributed by atoms with E-state index in [-0.39, 0.29) is 5.91 Å². The van der Waals surface area contributed by atoms with Crippen molar-refractivity contribution in [2.75, 3.05) is 33.7 Å². The van der Waals surface area contributed by atoms with E-state index in [4.69, 9.17) is 0 Å². The Hall–Kier alpha value is -0.620. The third-order valence-corrected chi connectivity index (χ3v) is 4.17. The van der Waals surface area contributed by atoms with Crippen LogP contribution in [0.5, 0.6) is 0 Å². The van der Waals surface area contributed by atoms with Gasteiger partial charge in [-0.3, -0.25) is 4.79 Å². The van der Waals surface area contributed by atoms with E-state index in [1.165, 1.54) is 9.13 Å². The van der Waals surface area contributed by atoms with E-state index in [2.05, 4.69) is 46.9 Å². The van der Waals surface area contributed by atoms with Crippen molar-refractivity contribution >= 4 is 28.5 Å². The molecule has 1 amide bonds. The highest BCUT2D eigenvalue weighted by molar-refractivity contribution is 14.1. The van der Waals surface area contributed by atoms with Gasteiger partial charge in [0.25, 0.3) is 0 Å². The van der Waals surface area contributed by atoms with Gasteiger partial charge in [-0.05, 0) is 73.1 Å². The molecule has 1 aromatic carbocycles. The fourth-order valence-corrected chi connectivity index (χ4v) is 3.20. The number of halogens is 1. The second kappa shape index (κ2) is 6.70. The Kier molecular flexibility index (Phi) is 5.21. The van der Waals surface area contributed by atoms with Crippen molar-refractivity contribution in [3.63, 3.8) is 0 Å². The Morgan fingerprint density at radius 2 is 2.26 bits per heavy atom. The quantitative estimate of drug-likeness (QED) is 0.757. The highest BCUT2D eigenvalue weighted by Gasteiger charge is 2.26. The molecule has 2 rings (SSSR count). The van der Waals surface area contributed by atoms with Gasteiger partial charge >= 0.3 is 0 Å². The first-order valence-corrected chi connectivity index (χ1v) is 7.79. The molecule has 0 radical (unpaired) electrons. The van der Waals surface area contributed by atoms with E-state index < -0.39 is 0 Å². The molecule has 0 bridgehead atoms. The molecule has 1 aliphatic heterocycles. The van der Waals surface area contributed by atoms with E-state index in [1.807, 2.05) is 23.9 Å². The predicted octanol–water partition coefficient (Wildman–Crippen LogP) is 2.24. The van der Waals surface area contributed by atoms with Crippen LogP contribution in [0.2, 0.25) is 0 Å². The Labute approximate surface area is 129 Å². The summed E-state index contributed by atoms with van der Waals surface area (Å²) in [4.78, 5) is 15.9. The molecule has 1 aromatic rings. The number of benzene rings is 1. The molecule has 1 aliphatic rings. The summed E-state index contributed by atoms with van der Waals surface area (Å²) >= 11 is 2.35. The Balaban J connectivity index is 1.87. The first-order chi connectivity index (χ1) is 9.04. The first-order valence-electron chi connectivity index (χ1n) is 6.71. The van der Waals surface area contributed by atoms with Crippen molar-refractivity contribution < 1.29 is 4.79 Å². The molecule has 0 aliphatic carbocycles. The average Bonchev–Trinajstić information content (AvgIpc) is 2.76. The second-order valence-corrected chi connectivity index (χ2v) is 6.81. The highest BCUT2D eigenvalue weighted by atomic mass is 127. The number of hydrogen-bond donors (Lipinski definition) is 0. The normalized spacial score (nSPS) is 19.2. The number of carbonyl (C=O) groups is 1. The molecule has 104 valence electrons. The third-order valence-electron chi connectivity index (χ3n) is 3.50. The molecule has 0 saturated carbocycles. The van der Waals surface area contributed by atoms with Gasteiger partial charge in [-0.2, -0.15) is 0 Å². The first kappa shape index (κ1) is 14.8. The van der Waals surface area contributed by atoms with Crippen LogP contribution in [-0.2, 0) is 11.2 Å². The third kappa shape index (κ3) is 4.45. The SMILES string of the molecule is CN(C)CC(=O)N1CCC(Cc2cccc(I)c2)C1. The van der Waals surface area contributed by atoms with Gasteiger partial charge in [-0.25, -0.2) is 0 Å². The monoisotopic (exact) mass is 372 g/mol. The minimum atomic E-state index is 0.259. The maximum absolute atomic E-state index is 12.0. The standard InChI is InChI=1S/C15H21IN2O/c1-17(2)11-15(19)18-7-6-13(10-18)8-12-4-3-5-14(16)9-12/h3-5,9,13H,6-8,10-11H2,1-2H3. The Morgan fingerprint density at radius 1 is 1.47 bits per heavy atom. The molecule has 0 aromatic heterocycles. The number of rotatable bonds is 4. The summed E-state index contributed by atoms with van der Waals surface area (Å²) in [7, 11) is 3.88. The maximum atomic E-state index is 12.0. The van der Waals surface area contributed by atoms with Gasteiger partial charge in [0.05, 0.1) is 6.54 Å². The Bertz CT molecular complexity index is 448. The molecule has 1 heterocycles. The number of carbonyl (C=O) groups excluding carboxylic acids is 1. The average molecular weight is 372 g/mol. The lowest BCUT2D eigenvalue weighted by Gasteiger charge is -2.19. The molecule has 19 heavy (non-hydrogen) atoms. The van der Waals surface area contributed by atoms with Crippen LogP contribution >= 0.6 is 22.6 Å². The van der Waals surface area contributed by atoms with Crippen LogP contribution in [0.4, 0.5) is 0 Å². The summed E-state index contributed by atoms with van der Waals surface area (Å²) in [6.07, 6.45) is 2.22. The van der Waals surface area contributed by atoms with Crippen LogP contribution in [0, 0.1) is 9.49 Å². The number of nitrogens with zero attached hydrogens (tertiary/aromatic N) is 2. The maximum Gasteiger partial charge on any atom is 0.236 e. The number of likely N-dealkylation sites (N-methyl/N-ethyl adjacent to an activating group) is 1. The van der Waals surface area contributed by atoms with E-state index >= 15 is 0 Å². The van der Waals surface area contributed by atoms with Crippen molar-refractivity contribution in [1.29, 1.82) is 0 Å². The highest BCUT2D eigenvalue weighted by Crippen LogP contribution is 2.21. The predicted molar refractivity (Wildman–Crippen MR) is 86.1 cm³/mol. The summed E-state index contributed by atoms with van der Waals surface area (Å²) in [5.74, 6) is 0.874. The second-order valence-electron chi connectivity index (χ2n) is 5.57. The van der Waals surface area contributed by atoms with Crippen molar-refractivity contribution in [2.45, 2.75) is 12.8 Å². The van der Waals surface area contributed by atoms with Gasteiger partial charge in [0.2, 0.25) is 5.91 Å². The summed E-state index contributed by atoms with van der Waals surface area (Å²) in [6.45, 7) is 2.36. The van der Waals surface area contributed by atoms with Crippen molar-refractivity contribution in [3.05, 3.63) is 33.4 Å². The lowest BCUT2D eigenvalue weighted by atomic mass is 9.99. The smallest absolute Gasteiger partial charge is 0.236 e. The lowest BCUT2D eigenvalue weighted by Crippen LogP contribution is -2.36. The summed E-state index contributed by atoms with van der Waals surface area (Å²) in [5, 5.41) is 0. The van der Waals surface area contributed by atoms with E-state index in [1.54, 1.807) is 0 Å². The minimum absolute atomic E-state index is 0.259. The fourth-order valence-electron chi connectivity index (χ4n) is 2.59. The van der Waals surface area contributed by atoms with Gasteiger partial charge in [0, 0.05) is 16.7 Å². The van der Waals surface area contributed by atoms with Crippen molar-refractivity contribution in [3.8, 4) is 0 Å². The van der Waals surface area contributed by atoms with Crippen LogP contribution < -0.4 is 0 Å². The van der Waals surface area contributed by atoms with E-state index in [0.717, 1.165) is 25.9 Å². The minimum Gasteiger partial charge on any atom is -0.341 e. The zero-order valence-corrected chi connectivity index (χ0v) is 13.8. The van der Waals surface area contributed by atoms with Crippen LogP contribution in [0.3, 0.4) is 0 Å². The summed E-state index contributed by atoms with van der Waals surface area (Å²) in [5.41, 5.74) is 1.39. The molecule has 1 atom stereocenters. The van der Waals surface area contributed by atoms with Gasteiger partial charge < -0.3 is 9.80 Å². The Morgan fingerprint density at radius 3 is 2.95 bits per heavy atom. The van der Waals surface area contributed by atoms with Gasteiger partial charge in [0.15, 0.2) is 0 Å². The zero-order valence-electron chi connectivity index (χ0n) is 11.6. The van der Waals surface area contributed by atoms with Crippen LogP contribution in [0.1, 0.15) is 12.0 Å². The molecular formula is C15H21IN2O. The molecular weight excluding hydrogens is 351 g/mol. The molecule has 0 N–H and O–H groups in total. The van der Waals surface area contributed by atoms with Crippen LogP contribution in [-0.4, -0.2) is 49.4 Å². The van der Waals surface area contributed by atoms with Gasteiger partial charge in [0.1, 0.15) is 0 Å². The molecule has 1 fully saturated rings. The van der Waals surface area contributed by atoms with E-state index in [0.29, 0.717) is 12.5 Å². The van der Waals surface area contributed by atoms with Crippen LogP contribution in [0.25, 0.3) is 0 Å². The molecule has 1 unspecified atom stereocenters. The summed E-state index contributed by atoms with van der Waals surface area (Å²) in [6, 6.07) is 8.66. The zero-order chi connectivity index (χ0) is 13.8. The van der Waals surface area contributed by atoms with Crippen molar-refractivity contribution in [1.82, 2.24) is 9.80 Å². The molecule has 1 saturated heterocycles. The molecule has 0 spiro atoms. The summed E-state index contributed by atoms with van der Waals surface area (Å²) < 4.78 is 1.29.